The number of carbonyl (C=O) groups excluding carboxylic acids is 3. The summed E-state index contributed by atoms with van der Waals surface area (Å²) in [5, 5.41) is 201. The van der Waals surface area contributed by atoms with Crippen LogP contribution in [0.15, 0.2) is 0 Å². The van der Waals surface area contributed by atoms with Gasteiger partial charge < -0.3 is 172 Å². The van der Waals surface area contributed by atoms with Crippen molar-refractivity contribution in [3.05, 3.63) is 0 Å². The van der Waals surface area contributed by atoms with E-state index in [-0.39, 0.29) is 12.8 Å². The summed E-state index contributed by atoms with van der Waals surface area (Å²) in [6, 6.07) is 0. The molecule has 0 aromatic heterocycles. The maximum absolute atomic E-state index is 14.9. The molecule has 0 aliphatic carbocycles. The Morgan fingerprint density at radius 3 is 1.24 bits per heavy atom. The Bertz CT molecular complexity index is 2680. The smallest absolute Gasteiger partial charge is 0.311 e. The monoisotopic (exact) mass is 1600 g/mol. The summed E-state index contributed by atoms with van der Waals surface area (Å²) < 4.78 is 104. The fourth-order valence-corrected chi connectivity index (χ4v) is 14.4. The number of hydrogen-bond acceptors (Lipinski definition) is 38. The third kappa shape index (κ3) is 24.6. The molecular weight excluding hydrogens is 1470 g/mol. The fraction of sp³-hybridized carbons (Fsp3) is 0.958. The van der Waals surface area contributed by atoms with Gasteiger partial charge in [-0.05, 0) is 87.0 Å². The number of unbranched alkanes of at least 4 members (excludes halogenated alkanes) is 6. The van der Waals surface area contributed by atoms with Gasteiger partial charge in [0, 0.05) is 6.42 Å². The van der Waals surface area contributed by atoms with Gasteiger partial charge in [0.2, 0.25) is 0 Å². The molecule has 642 valence electrons. The number of methoxy groups -OCH3 is 1. The van der Waals surface area contributed by atoms with Gasteiger partial charge in [0.1, 0.15) is 128 Å². The zero-order chi connectivity index (χ0) is 81.3. The highest BCUT2D eigenvalue weighted by Gasteiger charge is 2.60. The molecule has 40 atom stereocenters. The lowest BCUT2D eigenvalue weighted by molar-refractivity contribution is -0.414. The number of carbonyl (C=O) groups is 3. The van der Waals surface area contributed by atoms with E-state index in [1.165, 1.54) is 55.6 Å². The summed E-state index contributed by atoms with van der Waals surface area (Å²) in [7, 11) is 1.25. The fourth-order valence-electron chi connectivity index (χ4n) is 14.4. The van der Waals surface area contributed by atoms with Crippen molar-refractivity contribution in [2.45, 2.75) is 411 Å². The van der Waals surface area contributed by atoms with Crippen LogP contribution in [-0.2, 0) is 94.9 Å². The molecule has 0 aromatic rings. The predicted octanol–water partition coefficient (Wildman–Crippen LogP) is -4.06. The number of aliphatic hydroxyl groups excluding tert-OH is 18. The molecule has 0 saturated carbocycles. The van der Waals surface area contributed by atoms with Crippen LogP contribution in [0, 0.1) is 5.92 Å². The molecule has 0 aromatic carbocycles. The average molecular weight is 1600 g/mol. The van der Waals surface area contributed by atoms with E-state index in [0.717, 1.165) is 19.3 Å². The van der Waals surface area contributed by atoms with Gasteiger partial charge in [-0.2, -0.15) is 0 Å². The number of aliphatic hydroxyl groups is 18. The lowest BCUT2D eigenvalue weighted by Gasteiger charge is -2.51. The van der Waals surface area contributed by atoms with Gasteiger partial charge in [0.25, 0.3) is 0 Å². The van der Waals surface area contributed by atoms with Crippen LogP contribution >= 0.6 is 0 Å². The van der Waals surface area contributed by atoms with Crippen LogP contribution < -0.4 is 0 Å². The predicted molar refractivity (Wildman–Crippen MR) is 370 cm³/mol. The zero-order valence-electron chi connectivity index (χ0n) is 64.2. The van der Waals surface area contributed by atoms with Gasteiger partial charge >= 0.3 is 17.9 Å². The highest BCUT2D eigenvalue weighted by molar-refractivity contribution is 5.73. The van der Waals surface area contributed by atoms with E-state index >= 15 is 0 Å². The van der Waals surface area contributed by atoms with Crippen molar-refractivity contribution in [3.63, 3.8) is 0 Å². The van der Waals surface area contributed by atoms with Crippen LogP contribution in [0.5, 0.6) is 0 Å². The second-order valence-electron chi connectivity index (χ2n) is 30.2. The average Bonchev–Trinajstić information content (AvgIpc) is 0.757. The SMILES string of the molecule is CCC[C@@H](CCCCCC(=O)O[C@H]1[C@@H](O[C@H]2[C@H](O[C@@H]3[C@@H](O[C@@H](CCC)CCCCCCC[C@H](O)CC(=O)OC)O[C@@H](C)[C@@H](O)[C@H]3O)O[C@H](CO)[C@@H](O)[C@@H]2O)O[C@@H](C)[C@H](O[C@H]2O[C@@H](C)[C@H](O)[C@@H](O)[C@@H]2O)[C@H]1O[C@H]1O[C@@H](CO)[C@H](O)[C@@H](O)[C@@H]1O[C@H]1O[C@@H](C)[C@H](OC(=O)[C@H](C)[C@@H](C)O)[C@@H](O)[C@@H]1O)O[C@H]1O[C@@H](C)[C@H](O)[C@@H](O)[C@@H]1O. The third-order valence-electron chi connectivity index (χ3n) is 21.6. The summed E-state index contributed by atoms with van der Waals surface area (Å²) in [5.41, 5.74) is 0. The normalized spacial score (nSPS) is 42.7. The van der Waals surface area contributed by atoms with Crippen molar-refractivity contribution in [1.29, 1.82) is 0 Å². The molecule has 7 aliphatic rings. The first-order valence-corrected chi connectivity index (χ1v) is 38.9. The quantitative estimate of drug-likeness (QED) is 0.0158. The minimum absolute atomic E-state index is 0.0754. The second-order valence-corrected chi connectivity index (χ2v) is 30.2. The molecule has 7 rings (SSSR count). The van der Waals surface area contributed by atoms with Gasteiger partial charge in [0.15, 0.2) is 56.2 Å². The lowest BCUT2D eigenvalue weighted by Crippen LogP contribution is -2.69. The van der Waals surface area contributed by atoms with Crippen molar-refractivity contribution >= 4 is 17.9 Å². The van der Waals surface area contributed by atoms with Crippen LogP contribution in [0.1, 0.15) is 171 Å². The van der Waals surface area contributed by atoms with Gasteiger partial charge in [0.05, 0.1) is 87.6 Å². The Morgan fingerprint density at radius 1 is 0.355 bits per heavy atom. The largest absolute Gasteiger partial charge is 0.469 e. The maximum Gasteiger partial charge on any atom is 0.311 e. The molecule has 7 heterocycles. The highest BCUT2D eigenvalue weighted by Crippen LogP contribution is 2.41. The Hall–Kier alpha value is -2.87. The lowest BCUT2D eigenvalue weighted by atomic mass is 9.95. The van der Waals surface area contributed by atoms with Crippen LogP contribution in [-0.4, -0.2) is 370 Å². The topological polar surface area (TPSA) is 572 Å². The summed E-state index contributed by atoms with van der Waals surface area (Å²) in [4.78, 5) is 39.5. The highest BCUT2D eigenvalue weighted by atomic mass is 16.8. The van der Waals surface area contributed by atoms with Crippen molar-refractivity contribution in [1.82, 2.24) is 0 Å². The molecule has 7 aliphatic heterocycles. The Morgan fingerprint density at radius 2 is 0.727 bits per heavy atom. The molecule has 0 radical (unpaired) electrons. The van der Waals surface area contributed by atoms with Crippen molar-refractivity contribution in [2.24, 2.45) is 5.92 Å². The molecule has 0 unspecified atom stereocenters. The minimum Gasteiger partial charge on any atom is -0.469 e. The van der Waals surface area contributed by atoms with Crippen LogP contribution in [0.3, 0.4) is 0 Å². The molecule has 7 saturated heterocycles. The van der Waals surface area contributed by atoms with Gasteiger partial charge in [-0.15, -0.1) is 0 Å². The van der Waals surface area contributed by atoms with Gasteiger partial charge in [-0.1, -0.05) is 71.6 Å². The van der Waals surface area contributed by atoms with Crippen molar-refractivity contribution in [3.8, 4) is 0 Å². The first-order valence-electron chi connectivity index (χ1n) is 38.9. The first kappa shape index (κ1) is 94.3. The molecule has 0 bridgehead atoms. The van der Waals surface area contributed by atoms with E-state index < -0.39 is 283 Å². The van der Waals surface area contributed by atoms with E-state index in [2.05, 4.69) is 4.74 Å². The van der Waals surface area contributed by atoms with Crippen LogP contribution in [0.2, 0.25) is 0 Å². The number of esters is 3. The summed E-state index contributed by atoms with van der Waals surface area (Å²) in [6.07, 6.45) is -58.6. The van der Waals surface area contributed by atoms with Crippen molar-refractivity contribution < 1.29 is 187 Å². The van der Waals surface area contributed by atoms with E-state index in [1.54, 1.807) is 0 Å². The third-order valence-corrected chi connectivity index (χ3v) is 21.6. The van der Waals surface area contributed by atoms with Crippen LogP contribution in [0.25, 0.3) is 0 Å². The molecule has 0 amide bonds. The Labute approximate surface area is 639 Å². The molecule has 110 heavy (non-hydrogen) atoms. The second kappa shape index (κ2) is 44.6. The molecule has 7 fully saturated rings. The summed E-state index contributed by atoms with van der Waals surface area (Å²) in [5.74, 6) is -3.64. The maximum atomic E-state index is 14.9. The van der Waals surface area contributed by atoms with E-state index in [9.17, 15) is 106 Å². The number of ether oxygens (including phenoxy) is 17. The van der Waals surface area contributed by atoms with E-state index in [0.29, 0.717) is 70.6 Å². The number of hydrogen-bond donors (Lipinski definition) is 18. The Balaban J connectivity index is 1.24. The van der Waals surface area contributed by atoms with E-state index in [1.807, 2.05) is 13.8 Å². The molecule has 18 N–H and O–H groups in total. The van der Waals surface area contributed by atoms with E-state index in [4.69, 9.17) is 75.8 Å². The van der Waals surface area contributed by atoms with Gasteiger partial charge in [-0.25, -0.2) is 0 Å². The minimum atomic E-state index is -2.21. The molecular formula is C72H126O38. The number of rotatable bonds is 40. The van der Waals surface area contributed by atoms with Crippen molar-refractivity contribution in [2.75, 3.05) is 20.3 Å². The molecule has 38 nitrogen and oxygen atoms in total. The molecule has 0 spiro atoms. The zero-order valence-corrected chi connectivity index (χ0v) is 64.2. The molecule has 38 heteroatoms. The van der Waals surface area contributed by atoms with Crippen LogP contribution in [0.4, 0.5) is 0 Å². The Kier molecular flexibility index (Phi) is 38.2. The standard InChI is InChI=1S/C72H126O38/c1-11-21-38(100-66-55(90)49(84)44(79)32(5)95-66)25-19-16-20-26-42(77)104-64-63(110-71-61(52(87)47(82)41(29-74)103-71)107-68-57(92)54(89)58(35(8)98-68)105-65(93)30(3)31(4)75)59(106-67-56(91)50(85)45(80)33(6)96-67)36(9)99-72(64)109-62-53(88)48(83)40(28-73)102-70(62)108-60-51(86)46(81)34(7)97-69(60)101-39(22-12-2)24-18-15-13-14-17-23-37(76)27-43(78)94-10/h30-41,44-64,66-76,79-92H,11-29H2,1-10H3/t30-,31-,32+,33+,34+,35+,36+,37+,38+,39+,40-,41+,44+,45+,46-,47+,48-,49-,50-,51-,52-,53+,54+,55+,56+,57+,58+,59+,60+,61+,62-,63-,64-,66-,67-,68-,69-,70+,71-,72-/m1/s1. The first-order chi connectivity index (χ1) is 52.1. The summed E-state index contributed by atoms with van der Waals surface area (Å²) >= 11 is 0. The van der Waals surface area contributed by atoms with Gasteiger partial charge in [-0.3, -0.25) is 14.4 Å². The summed E-state index contributed by atoms with van der Waals surface area (Å²) in [6.45, 7) is 11.5.